The number of rotatable bonds is 3. The fourth-order valence-electron chi connectivity index (χ4n) is 1.01. The Kier molecular flexibility index (Phi) is 6.09. The van der Waals surface area contributed by atoms with E-state index in [9.17, 15) is 4.39 Å². The Labute approximate surface area is 95.1 Å². The van der Waals surface area contributed by atoms with Gasteiger partial charge in [0.15, 0.2) is 0 Å². The topological polar surface area (TPSA) is 12.0 Å². The van der Waals surface area contributed by atoms with E-state index in [2.05, 4.69) is 5.32 Å². The molecular formula is C10H14Cl2FN. The van der Waals surface area contributed by atoms with Crippen molar-refractivity contribution in [1.29, 1.82) is 0 Å². The number of halogens is 3. The molecule has 0 spiro atoms. The SMILES string of the molecule is CC(C)NCc1c(F)cccc1Cl.Cl. The van der Waals surface area contributed by atoms with Gasteiger partial charge in [0.25, 0.3) is 0 Å². The van der Waals surface area contributed by atoms with Crippen LogP contribution in [0.5, 0.6) is 0 Å². The van der Waals surface area contributed by atoms with Gasteiger partial charge in [-0.15, -0.1) is 12.4 Å². The Hall–Kier alpha value is -0.310. The average Bonchev–Trinajstić information content (AvgIpc) is 2.03. The average molecular weight is 238 g/mol. The number of nitrogens with one attached hydrogen (secondary N) is 1. The quantitative estimate of drug-likeness (QED) is 0.850. The van der Waals surface area contributed by atoms with E-state index in [1.54, 1.807) is 12.1 Å². The van der Waals surface area contributed by atoms with Crippen molar-refractivity contribution in [3.8, 4) is 0 Å². The maximum absolute atomic E-state index is 13.2. The van der Waals surface area contributed by atoms with E-state index in [4.69, 9.17) is 11.6 Å². The molecule has 0 amide bonds. The van der Waals surface area contributed by atoms with Crippen LogP contribution < -0.4 is 5.32 Å². The van der Waals surface area contributed by atoms with Crippen LogP contribution in [0.25, 0.3) is 0 Å². The van der Waals surface area contributed by atoms with Gasteiger partial charge in [0.2, 0.25) is 0 Å². The summed E-state index contributed by atoms with van der Waals surface area (Å²) in [6, 6.07) is 5.05. The molecule has 0 radical (unpaired) electrons. The molecule has 0 aliphatic heterocycles. The Balaban J connectivity index is 0.00000169. The molecule has 0 saturated carbocycles. The predicted octanol–water partition coefficient (Wildman–Crippen LogP) is 3.40. The summed E-state index contributed by atoms with van der Waals surface area (Å²) < 4.78 is 13.2. The molecule has 0 heterocycles. The minimum atomic E-state index is -0.249. The van der Waals surface area contributed by atoms with E-state index >= 15 is 0 Å². The highest BCUT2D eigenvalue weighted by Gasteiger charge is 2.06. The minimum absolute atomic E-state index is 0. The predicted molar refractivity (Wildman–Crippen MR) is 60.6 cm³/mol. The molecule has 1 aromatic rings. The van der Waals surface area contributed by atoms with Crippen LogP contribution in [0.3, 0.4) is 0 Å². The lowest BCUT2D eigenvalue weighted by atomic mass is 10.2. The summed E-state index contributed by atoms with van der Waals surface area (Å²) in [5, 5.41) is 3.60. The van der Waals surface area contributed by atoms with Crippen molar-refractivity contribution >= 4 is 24.0 Å². The van der Waals surface area contributed by atoms with Gasteiger partial charge in [-0.25, -0.2) is 4.39 Å². The molecule has 0 aliphatic rings. The molecule has 0 unspecified atom stereocenters. The molecule has 0 bridgehead atoms. The van der Waals surface area contributed by atoms with Gasteiger partial charge < -0.3 is 5.32 Å². The molecule has 14 heavy (non-hydrogen) atoms. The summed E-state index contributed by atoms with van der Waals surface area (Å²) in [5.74, 6) is -0.249. The molecule has 4 heteroatoms. The van der Waals surface area contributed by atoms with Gasteiger partial charge in [-0.05, 0) is 12.1 Å². The highest BCUT2D eigenvalue weighted by atomic mass is 35.5. The maximum atomic E-state index is 13.2. The molecule has 1 rings (SSSR count). The van der Waals surface area contributed by atoms with E-state index in [0.29, 0.717) is 23.2 Å². The van der Waals surface area contributed by atoms with Crippen molar-refractivity contribution in [2.24, 2.45) is 0 Å². The molecule has 0 aliphatic carbocycles. The third-order valence-corrected chi connectivity index (χ3v) is 2.10. The van der Waals surface area contributed by atoms with E-state index in [0.717, 1.165) is 0 Å². The first-order chi connectivity index (χ1) is 6.11. The van der Waals surface area contributed by atoms with Crippen LogP contribution in [0, 0.1) is 5.82 Å². The summed E-state index contributed by atoms with van der Waals surface area (Å²) in [7, 11) is 0. The van der Waals surface area contributed by atoms with Gasteiger partial charge in [0, 0.05) is 23.2 Å². The second-order valence-electron chi connectivity index (χ2n) is 3.24. The van der Waals surface area contributed by atoms with E-state index < -0.39 is 0 Å². The third kappa shape index (κ3) is 3.82. The lowest BCUT2D eigenvalue weighted by Crippen LogP contribution is -2.22. The fraction of sp³-hybridized carbons (Fsp3) is 0.400. The lowest BCUT2D eigenvalue weighted by Gasteiger charge is -2.09. The number of benzene rings is 1. The minimum Gasteiger partial charge on any atom is -0.310 e. The van der Waals surface area contributed by atoms with Gasteiger partial charge in [-0.2, -0.15) is 0 Å². The summed E-state index contributed by atoms with van der Waals surface area (Å²) in [5.41, 5.74) is 0.540. The smallest absolute Gasteiger partial charge is 0.129 e. The normalized spacial score (nSPS) is 10.1. The number of hydrogen-bond donors (Lipinski definition) is 1. The molecule has 0 fully saturated rings. The molecule has 0 atom stereocenters. The largest absolute Gasteiger partial charge is 0.310 e. The molecule has 1 N–H and O–H groups in total. The second kappa shape index (κ2) is 6.23. The number of hydrogen-bond acceptors (Lipinski definition) is 1. The van der Waals surface area contributed by atoms with Gasteiger partial charge in [-0.3, -0.25) is 0 Å². The zero-order valence-corrected chi connectivity index (χ0v) is 9.75. The Morgan fingerprint density at radius 2 is 2.07 bits per heavy atom. The highest BCUT2D eigenvalue weighted by molar-refractivity contribution is 6.31. The standard InChI is InChI=1S/C10H13ClFN.ClH/c1-7(2)13-6-8-9(11)4-3-5-10(8)12;/h3-5,7,13H,6H2,1-2H3;1H. The lowest BCUT2D eigenvalue weighted by molar-refractivity contribution is 0.553. The summed E-state index contributed by atoms with van der Waals surface area (Å²) in [4.78, 5) is 0. The van der Waals surface area contributed by atoms with Gasteiger partial charge >= 0.3 is 0 Å². The first-order valence-electron chi connectivity index (χ1n) is 4.27. The van der Waals surface area contributed by atoms with Crippen molar-refractivity contribution in [3.05, 3.63) is 34.6 Å². The van der Waals surface area contributed by atoms with Crippen molar-refractivity contribution in [3.63, 3.8) is 0 Å². The van der Waals surface area contributed by atoms with Crippen molar-refractivity contribution in [2.45, 2.75) is 26.4 Å². The zero-order valence-electron chi connectivity index (χ0n) is 8.18. The Bertz CT molecular complexity index is 269. The Morgan fingerprint density at radius 1 is 1.43 bits per heavy atom. The van der Waals surface area contributed by atoms with Gasteiger partial charge in [-0.1, -0.05) is 31.5 Å². The van der Waals surface area contributed by atoms with Crippen LogP contribution in [-0.2, 0) is 6.54 Å². The summed E-state index contributed by atoms with van der Waals surface area (Å²) >= 11 is 5.83. The first kappa shape index (κ1) is 13.7. The summed E-state index contributed by atoms with van der Waals surface area (Å²) in [6.45, 7) is 4.49. The molecule has 80 valence electrons. The zero-order chi connectivity index (χ0) is 9.84. The monoisotopic (exact) mass is 237 g/mol. The van der Waals surface area contributed by atoms with Crippen LogP contribution in [0.1, 0.15) is 19.4 Å². The van der Waals surface area contributed by atoms with E-state index in [1.165, 1.54) is 6.07 Å². The van der Waals surface area contributed by atoms with Gasteiger partial charge in [0.1, 0.15) is 5.82 Å². The van der Waals surface area contributed by atoms with Crippen molar-refractivity contribution in [2.75, 3.05) is 0 Å². The van der Waals surface area contributed by atoms with Crippen molar-refractivity contribution in [1.82, 2.24) is 5.32 Å². The third-order valence-electron chi connectivity index (χ3n) is 1.75. The second-order valence-corrected chi connectivity index (χ2v) is 3.64. The highest BCUT2D eigenvalue weighted by Crippen LogP contribution is 2.18. The van der Waals surface area contributed by atoms with Crippen molar-refractivity contribution < 1.29 is 4.39 Å². The van der Waals surface area contributed by atoms with Crippen LogP contribution in [0.15, 0.2) is 18.2 Å². The van der Waals surface area contributed by atoms with E-state index in [-0.39, 0.29) is 18.2 Å². The first-order valence-corrected chi connectivity index (χ1v) is 4.65. The van der Waals surface area contributed by atoms with Gasteiger partial charge in [0.05, 0.1) is 0 Å². The van der Waals surface area contributed by atoms with Crippen LogP contribution >= 0.6 is 24.0 Å². The van der Waals surface area contributed by atoms with E-state index in [1.807, 2.05) is 13.8 Å². The summed E-state index contributed by atoms with van der Waals surface area (Å²) in [6.07, 6.45) is 0. The molecule has 0 aromatic heterocycles. The van der Waals surface area contributed by atoms with Crippen LogP contribution in [-0.4, -0.2) is 6.04 Å². The van der Waals surface area contributed by atoms with Crippen LogP contribution in [0.2, 0.25) is 5.02 Å². The Morgan fingerprint density at radius 3 is 2.57 bits per heavy atom. The molecular weight excluding hydrogens is 224 g/mol. The molecule has 1 aromatic carbocycles. The molecule has 1 nitrogen and oxygen atoms in total. The maximum Gasteiger partial charge on any atom is 0.129 e. The fourth-order valence-corrected chi connectivity index (χ4v) is 1.24. The molecule has 0 saturated heterocycles. The van der Waals surface area contributed by atoms with Crippen LogP contribution in [0.4, 0.5) is 4.39 Å².